The summed E-state index contributed by atoms with van der Waals surface area (Å²) >= 11 is 0. The number of carbonyl (C=O) groups excluding carboxylic acids is 1. The molecule has 0 spiro atoms. The smallest absolute Gasteiger partial charge is 0.338 e. The number of fused-ring (bicyclic) bond motifs is 1. The van der Waals surface area contributed by atoms with Crippen LogP contribution in [0.4, 0.5) is 0 Å². The van der Waals surface area contributed by atoms with Gasteiger partial charge in [0.25, 0.3) is 0 Å². The lowest BCUT2D eigenvalue weighted by atomic mass is 10.1. The maximum atomic E-state index is 12.8. The zero-order valence-corrected chi connectivity index (χ0v) is 19.3. The number of carbonyl (C=O) groups is 1. The standard InChI is InChI=1S/C24H24N2O7S/c27-24(17-4-7-20(8-5-17)34(28,29)26-10-2-1-3-11-26)32-16-19-15-22(33-25-19)18-6-9-21-23(14-18)31-13-12-30-21/h4-9,14-15H,1-3,10-13,16H2. The monoisotopic (exact) mass is 484 g/mol. The first kappa shape index (κ1) is 22.4. The highest BCUT2D eigenvalue weighted by atomic mass is 32.2. The Morgan fingerprint density at radius 2 is 1.68 bits per heavy atom. The fraction of sp³-hybridized carbons (Fsp3) is 0.333. The second-order valence-corrected chi connectivity index (χ2v) is 10.0. The molecule has 0 radical (unpaired) electrons. The van der Waals surface area contributed by atoms with Crippen LogP contribution in [0.3, 0.4) is 0 Å². The molecule has 0 amide bonds. The van der Waals surface area contributed by atoms with Crippen molar-refractivity contribution in [2.75, 3.05) is 26.3 Å². The lowest BCUT2D eigenvalue weighted by Gasteiger charge is -2.25. The lowest BCUT2D eigenvalue weighted by molar-refractivity contribution is 0.0464. The quantitative estimate of drug-likeness (QED) is 0.488. The third kappa shape index (κ3) is 4.64. The summed E-state index contributed by atoms with van der Waals surface area (Å²) in [6.07, 6.45) is 2.77. The molecule has 3 aromatic rings. The maximum Gasteiger partial charge on any atom is 0.338 e. The third-order valence-corrected chi connectivity index (χ3v) is 7.69. The van der Waals surface area contributed by atoms with Crippen LogP contribution in [0.15, 0.2) is 57.9 Å². The van der Waals surface area contributed by atoms with Gasteiger partial charge in [0.2, 0.25) is 10.0 Å². The van der Waals surface area contributed by atoms with Crippen molar-refractivity contribution in [2.45, 2.75) is 30.8 Å². The summed E-state index contributed by atoms with van der Waals surface area (Å²) in [5.74, 6) is 1.25. The van der Waals surface area contributed by atoms with Crippen molar-refractivity contribution in [3.8, 4) is 22.8 Å². The van der Waals surface area contributed by atoms with Crippen LogP contribution in [0, 0.1) is 0 Å². The topological polar surface area (TPSA) is 108 Å². The maximum absolute atomic E-state index is 12.8. The molecule has 2 aliphatic heterocycles. The number of sulfonamides is 1. The Morgan fingerprint density at radius 3 is 2.44 bits per heavy atom. The molecule has 1 aromatic heterocycles. The number of esters is 1. The fourth-order valence-corrected chi connectivity index (χ4v) is 5.47. The van der Waals surface area contributed by atoms with Gasteiger partial charge in [0.05, 0.1) is 10.5 Å². The Kier molecular flexibility index (Phi) is 6.25. The van der Waals surface area contributed by atoms with Crippen LogP contribution in [0.25, 0.3) is 11.3 Å². The molecule has 1 fully saturated rings. The van der Waals surface area contributed by atoms with Crippen molar-refractivity contribution in [1.29, 1.82) is 0 Å². The number of rotatable bonds is 6. The average Bonchev–Trinajstić information content (AvgIpc) is 3.37. The zero-order valence-electron chi connectivity index (χ0n) is 18.4. The number of piperidine rings is 1. The van der Waals surface area contributed by atoms with Crippen LogP contribution < -0.4 is 9.47 Å². The van der Waals surface area contributed by atoms with Gasteiger partial charge in [-0.15, -0.1) is 0 Å². The van der Waals surface area contributed by atoms with E-state index in [4.69, 9.17) is 18.7 Å². The van der Waals surface area contributed by atoms with Gasteiger partial charge in [0.15, 0.2) is 17.3 Å². The summed E-state index contributed by atoms with van der Waals surface area (Å²) in [6, 6.07) is 12.9. The molecular formula is C24H24N2O7S. The van der Waals surface area contributed by atoms with E-state index in [0.29, 0.717) is 49.3 Å². The van der Waals surface area contributed by atoms with Crippen LogP contribution in [0.1, 0.15) is 35.3 Å². The van der Waals surface area contributed by atoms with E-state index >= 15 is 0 Å². The second-order valence-electron chi connectivity index (χ2n) is 8.11. The molecule has 178 valence electrons. The molecule has 0 atom stereocenters. The van der Waals surface area contributed by atoms with Gasteiger partial charge in [-0.3, -0.25) is 0 Å². The molecule has 0 unspecified atom stereocenters. The van der Waals surface area contributed by atoms with Crippen LogP contribution in [0.2, 0.25) is 0 Å². The van der Waals surface area contributed by atoms with Crippen molar-refractivity contribution >= 4 is 16.0 Å². The number of ether oxygens (including phenoxy) is 3. The zero-order chi connectivity index (χ0) is 23.5. The molecule has 3 heterocycles. The van der Waals surface area contributed by atoms with Gasteiger partial charge in [0, 0.05) is 24.7 Å². The van der Waals surface area contributed by atoms with Crippen LogP contribution >= 0.6 is 0 Å². The minimum absolute atomic E-state index is 0.0826. The SMILES string of the molecule is O=C(OCc1cc(-c2ccc3c(c2)OCCO3)on1)c1ccc(S(=O)(=O)N2CCCCC2)cc1. The molecular weight excluding hydrogens is 460 g/mol. The molecule has 0 bridgehead atoms. The van der Waals surface area contributed by atoms with Crippen LogP contribution in [0.5, 0.6) is 11.5 Å². The summed E-state index contributed by atoms with van der Waals surface area (Å²) in [7, 11) is -3.55. The number of hydrogen-bond donors (Lipinski definition) is 0. The Bertz CT molecular complexity index is 1280. The van der Waals surface area contributed by atoms with Gasteiger partial charge in [-0.1, -0.05) is 11.6 Å². The van der Waals surface area contributed by atoms with Crippen LogP contribution in [-0.2, 0) is 21.4 Å². The molecule has 0 saturated carbocycles. The van der Waals surface area contributed by atoms with E-state index in [1.165, 1.54) is 28.6 Å². The first-order chi connectivity index (χ1) is 16.5. The normalized spacial score (nSPS) is 16.2. The molecule has 2 aromatic carbocycles. The molecule has 10 heteroatoms. The number of hydrogen-bond acceptors (Lipinski definition) is 8. The number of aromatic nitrogens is 1. The highest BCUT2D eigenvalue weighted by Gasteiger charge is 2.26. The van der Waals surface area contributed by atoms with E-state index in [-0.39, 0.29) is 17.1 Å². The fourth-order valence-electron chi connectivity index (χ4n) is 3.95. The average molecular weight is 485 g/mol. The van der Waals surface area contributed by atoms with E-state index in [9.17, 15) is 13.2 Å². The van der Waals surface area contributed by atoms with Gasteiger partial charge in [-0.05, 0) is 55.3 Å². The van der Waals surface area contributed by atoms with E-state index in [0.717, 1.165) is 24.8 Å². The summed E-state index contributed by atoms with van der Waals surface area (Å²) in [6.45, 7) is 1.97. The minimum Gasteiger partial charge on any atom is -0.486 e. The Balaban J connectivity index is 1.21. The molecule has 2 aliphatic rings. The lowest BCUT2D eigenvalue weighted by Crippen LogP contribution is -2.35. The van der Waals surface area contributed by atoms with E-state index in [1.807, 2.05) is 12.1 Å². The van der Waals surface area contributed by atoms with Crippen molar-refractivity contribution in [1.82, 2.24) is 9.46 Å². The molecule has 5 rings (SSSR count). The highest BCUT2D eigenvalue weighted by Crippen LogP contribution is 2.34. The van der Waals surface area contributed by atoms with E-state index in [2.05, 4.69) is 5.16 Å². The molecule has 9 nitrogen and oxygen atoms in total. The van der Waals surface area contributed by atoms with Gasteiger partial charge >= 0.3 is 5.97 Å². The van der Waals surface area contributed by atoms with Crippen molar-refractivity contribution in [3.05, 3.63) is 59.8 Å². The first-order valence-electron chi connectivity index (χ1n) is 11.1. The first-order valence-corrected chi connectivity index (χ1v) is 12.6. The van der Waals surface area contributed by atoms with Gasteiger partial charge in [-0.2, -0.15) is 4.31 Å². The largest absolute Gasteiger partial charge is 0.486 e. The van der Waals surface area contributed by atoms with Crippen molar-refractivity contribution in [2.24, 2.45) is 0 Å². The van der Waals surface area contributed by atoms with Crippen molar-refractivity contribution in [3.63, 3.8) is 0 Å². The van der Waals surface area contributed by atoms with Gasteiger partial charge in [-0.25, -0.2) is 13.2 Å². The third-order valence-electron chi connectivity index (χ3n) is 5.78. The van der Waals surface area contributed by atoms with Crippen LogP contribution in [-0.4, -0.2) is 50.2 Å². The molecule has 1 saturated heterocycles. The Labute approximate surface area is 197 Å². The Morgan fingerprint density at radius 1 is 0.941 bits per heavy atom. The second kappa shape index (κ2) is 9.47. The van der Waals surface area contributed by atoms with E-state index < -0.39 is 16.0 Å². The number of benzene rings is 2. The number of nitrogens with zero attached hydrogens (tertiary/aromatic N) is 2. The predicted octanol–water partition coefficient (Wildman–Crippen LogP) is 3.64. The Hall–Kier alpha value is -3.37. The molecule has 0 aliphatic carbocycles. The summed E-state index contributed by atoms with van der Waals surface area (Å²) in [5.41, 5.74) is 1.47. The summed E-state index contributed by atoms with van der Waals surface area (Å²) in [5, 5.41) is 3.96. The summed E-state index contributed by atoms with van der Waals surface area (Å²) in [4.78, 5) is 12.6. The van der Waals surface area contributed by atoms with Gasteiger partial charge < -0.3 is 18.7 Å². The molecule has 0 N–H and O–H groups in total. The highest BCUT2D eigenvalue weighted by molar-refractivity contribution is 7.89. The van der Waals surface area contributed by atoms with E-state index in [1.54, 1.807) is 12.1 Å². The predicted molar refractivity (Wildman–Crippen MR) is 121 cm³/mol. The van der Waals surface area contributed by atoms with Crippen molar-refractivity contribution < 1.29 is 31.9 Å². The minimum atomic E-state index is -3.55. The summed E-state index contributed by atoms with van der Waals surface area (Å²) < 4.78 is 48.8. The van der Waals surface area contributed by atoms with Gasteiger partial charge in [0.1, 0.15) is 25.5 Å². The molecule has 34 heavy (non-hydrogen) atoms.